The molecule has 0 aromatic carbocycles. The number of aromatic nitrogens is 2. The molecular formula is C27H34N8O3S. The molecule has 2 unspecified atom stereocenters. The molecule has 2 fully saturated rings. The number of hydrogen-bond donors (Lipinski definition) is 2. The Morgan fingerprint density at radius 1 is 1.28 bits per heavy atom. The summed E-state index contributed by atoms with van der Waals surface area (Å²) in [6.07, 6.45) is 5.14. The number of piperazine rings is 1. The summed E-state index contributed by atoms with van der Waals surface area (Å²) in [6, 6.07) is 5.71. The lowest BCUT2D eigenvalue weighted by molar-refractivity contribution is -0.136. The van der Waals surface area contributed by atoms with Gasteiger partial charge in [0.1, 0.15) is 17.7 Å². The highest BCUT2D eigenvalue weighted by Crippen LogP contribution is 2.30. The highest BCUT2D eigenvalue weighted by molar-refractivity contribution is 7.99. The van der Waals surface area contributed by atoms with Crippen LogP contribution in [0.3, 0.4) is 0 Å². The number of amides is 3. The van der Waals surface area contributed by atoms with Gasteiger partial charge in [0.25, 0.3) is 0 Å². The largest absolute Gasteiger partial charge is 0.378 e. The summed E-state index contributed by atoms with van der Waals surface area (Å²) in [5.41, 5.74) is 3.85. The molecule has 39 heavy (non-hydrogen) atoms. The van der Waals surface area contributed by atoms with E-state index in [1.165, 1.54) is 6.20 Å². The molecule has 3 aliphatic heterocycles. The van der Waals surface area contributed by atoms with Crippen molar-refractivity contribution in [3.63, 3.8) is 0 Å². The SMILES string of the molecule is CSC1COCC1Nc1cc(NC(=O)N2CCCc3cc(CN4CCN(C)CC4=O)c(C)nc32)ncc1C#N. The van der Waals surface area contributed by atoms with Crippen molar-refractivity contribution >= 4 is 41.0 Å². The molecule has 0 bridgehead atoms. The molecule has 3 amide bonds. The fourth-order valence-electron chi connectivity index (χ4n) is 5.20. The minimum atomic E-state index is -0.320. The number of anilines is 3. The van der Waals surface area contributed by atoms with E-state index in [4.69, 9.17) is 9.72 Å². The van der Waals surface area contributed by atoms with Gasteiger partial charge in [0.05, 0.1) is 42.3 Å². The molecule has 0 saturated carbocycles. The first-order chi connectivity index (χ1) is 18.9. The standard InChI is InChI=1S/C27H34N8O3S/c1-17-19(13-34-8-7-33(2)14-25(34)36)9-18-5-4-6-35(26(18)30-17)27(37)32-24-10-21(20(11-28)12-29-24)31-22-15-38-16-23(22)39-3/h9-10,12,22-23H,4-8,13-16H2,1-3H3,(H2,29,31,32,37). The first-order valence-corrected chi connectivity index (χ1v) is 14.5. The van der Waals surface area contributed by atoms with Crippen LogP contribution < -0.4 is 15.5 Å². The summed E-state index contributed by atoms with van der Waals surface area (Å²) in [6.45, 7) is 6.18. The van der Waals surface area contributed by atoms with E-state index < -0.39 is 0 Å². The van der Waals surface area contributed by atoms with Gasteiger partial charge in [0, 0.05) is 44.1 Å². The van der Waals surface area contributed by atoms with Crippen molar-refractivity contribution in [2.75, 3.05) is 68.2 Å². The van der Waals surface area contributed by atoms with Gasteiger partial charge < -0.3 is 15.0 Å². The number of nitrogens with one attached hydrogen (secondary N) is 2. The average molecular weight is 551 g/mol. The normalized spacial score (nSPS) is 21.4. The number of urea groups is 1. The lowest BCUT2D eigenvalue weighted by Crippen LogP contribution is -2.48. The van der Waals surface area contributed by atoms with Crippen molar-refractivity contribution in [2.24, 2.45) is 0 Å². The van der Waals surface area contributed by atoms with Crippen LogP contribution in [0.2, 0.25) is 0 Å². The number of hydrogen-bond acceptors (Lipinski definition) is 9. The van der Waals surface area contributed by atoms with Gasteiger partial charge in [-0.3, -0.25) is 19.9 Å². The third-order valence-electron chi connectivity index (χ3n) is 7.50. The fourth-order valence-corrected chi connectivity index (χ4v) is 5.91. The van der Waals surface area contributed by atoms with Crippen molar-refractivity contribution in [1.82, 2.24) is 19.8 Å². The molecule has 206 valence electrons. The maximum atomic E-state index is 13.4. The fraction of sp³-hybridized carbons (Fsp3) is 0.519. The number of rotatable bonds is 6. The van der Waals surface area contributed by atoms with Gasteiger partial charge in [-0.1, -0.05) is 0 Å². The Hall–Kier alpha value is -3.40. The van der Waals surface area contributed by atoms with Crippen LogP contribution in [-0.2, 0) is 22.5 Å². The van der Waals surface area contributed by atoms with Crippen LogP contribution in [0.4, 0.5) is 22.1 Å². The van der Waals surface area contributed by atoms with Crippen LogP contribution in [0.1, 0.15) is 28.8 Å². The van der Waals surface area contributed by atoms with E-state index in [1.807, 2.05) is 30.0 Å². The third-order valence-corrected chi connectivity index (χ3v) is 8.57. The van der Waals surface area contributed by atoms with E-state index in [2.05, 4.69) is 27.8 Å². The molecule has 12 heteroatoms. The first kappa shape index (κ1) is 27.2. The number of thioether (sulfide) groups is 1. The number of aryl methyl sites for hydroxylation is 2. The van der Waals surface area contributed by atoms with Crippen molar-refractivity contribution in [2.45, 2.75) is 37.6 Å². The number of fused-ring (bicyclic) bond motifs is 1. The molecule has 0 radical (unpaired) electrons. The average Bonchev–Trinajstić information content (AvgIpc) is 3.37. The number of pyridine rings is 2. The molecule has 2 saturated heterocycles. The second kappa shape index (κ2) is 11.8. The summed E-state index contributed by atoms with van der Waals surface area (Å²) >= 11 is 1.72. The number of carbonyl (C=O) groups excluding carboxylic acids is 2. The summed E-state index contributed by atoms with van der Waals surface area (Å²) in [5, 5.41) is 16.2. The van der Waals surface area contributed by atoms with Crippen molar-refractivity contribution in [3.8, 4) is 6.07 Å². The maximum absolute atomic E-state index is 13.4. The number of nitrogens with zero attached hydrogens (tertiary/aromatic N) is 6. The predicted molar refractivity (Wildman–Crippen MR) is 151 cm³/mol. The van der Waals surface area contributed by atoms with Gasteiger partial charge in [-0.15, -0.1) is 0 Å². The van der Waals surface area contributed by atoms with Crippen LogP contribution >= 0.6 is 11.8 Å². The molecule has 5 rings (SSSR count). The number of ether oxygens (including phenoxy) is 1. The van der Waals surface area contributed by atoms with Crippen molar-refractivity contribution < 1.29 is 14.3 Å². The lowest BCUT2D eigenvalue weighted by Gasteiger charge is -2.33. The van der Waals surface area contributed by atoms with Gasteiger partial charge in [0.15, 0.2) is 0 Å². The second-order valence-corrected chi connectivity index (χ2v) is 11.3. The Labute approximate surface area is 232 Å². The number of nitriles is 1. The number of carbonyl (C=O) groups is 2. The lowest BCUT2D eigenvalue weighted by atomic mass is 10.0. The number of likely N-dealkylation sites (N-methyl/N-ethyl adjacent to an activating group) is 1. The zero-order chi connectivity index (χ0) is 27.5. The molecule has 0 spiro atoms. The Morgan fingerprint density at radius 3 is 2.90 bits per heavy atom. The van der Waals surface area contributed by atoms with E-state index >= 15 is 0 Å². The summed E-state index contributed by atoms with van der Waals surface area (Å²) in [5.74, 6) is 1.12. The monoisotopic (exact) mass is 550 g/mol. The molecule has 2 aromatic heterocycles. The van der Waals surface area contributed by atoms with Crippen molar-refractivity contribution in [3.05, 3.63) is 40.7 Å². The van der Waals surface area contributed by atoms with Gasteiger partial charge in [-0.25, -0.2) is 14.8 Å². The zero-order valence-electron chi connectivity index (χ0n) is 22.6. The van der Waals surface area contributed by atoms with Crippen LogP contribution in [-0.4, -0.2) is 95.7 Å². The van der Waals surface area contributed by atoms with Crippen LogP contribution in [0.5, 0.6) is 0 Å². The molecule has 2 N–H and O–H groups in total. The molecule has 0 aliphatic carbocycles. The van der Waals surface area contributed by atoms with E-state index in [0.717, 1.165) is 36.2 Å². The minimum absolute atomic E-state index is 0.0644. The highest BCUT2D eigenvalue weighted by Gasteiger charge is 2.29. The van der Waals surface area contributed by atoms with Crippen LogP contribution in [0.25, 0.3) is 0 Å². The quantitative estimate of drug-likeness (QED) is 0.558. The van der Waals surface area contributed by atoms with E-state index in [-0.39, 0.29) is 23.2 Å². The summed E-state index contributed by atoms with van der Waals surface area (Å²) in [4.78, 5) is 40.6. The van der Waals surface area contributed by atoms with Crippen LogP contribution in [0, 0.1) is 18.3 Å². The summed E-state index contributed by atoms with van der Waals surface area (Å²) < 4.78 is 5.60. The Balaban J connectivity index is 1.31. The third kappa shape index (κ3) is 5.95. The van der Waals surface area contributed by atoms with E-state index in [0.29, 0.717) is 62.3 Å². The smallest absolute Gasteiger partial charge is 0.328 e. The summed E-state index contributed by atoms with van der Waals surface area (Å²) in [7, 11) is 1.96. The van der Waals surface area contributed by atoms with Crippen LogP contribution in [0.15, 0.2) is 18.3 Å². The van der Waals surface area contributed by atoms with Gasteiger partial charge in [-0.05, 0) is 50.3 Å². The molecule has 3 aliphatic rings. The molecule has 2 aromatic rings. The highest BCUT2D eigenvalue weighted by atomic mass is 32.2. The Kier molecular flexibility index (Phi) is 8.20. The zero-order valence-corrected chi connectivity index (χ0v) is 23.4. The minimum Gasteiger partial charge on any atom is -0.378 e. The molecule has 11 nitrogen and oxygen atoms in total. The molecular weight excluding hydrogens is 516 g/mol. The maximum Gasteiger partial charge on any atom is 0.328 e. The molecule has 2 atom stereocenters. The van der Waals surface area contributed by atoms with E-state index in [9.17, 15) is 14.9 Å². The predicted octanol–water partition coefficient (Wildman–Crippen LogP) is 2.46. The van der Waals surface area contributed by atoms with E-state index in [1.54, 1.807) is 22.7 Å². The van der Waals surface area contributed by atoms with Crippen molar-refractivity contribution in [1.29, 1.82) is 5.26 Å². The van der Waals surface area contributed by atoms with Gasteiger partial charge in [0.2, 0.25) is 5.91 Å². The second-order valence-electron chi connectivity index (χ2n) is 10.2. The molecule has 5 heterocycles. The topological polar surface area (TPSA) is 127 Å². The van der Waals surface area contributed by atoms with Gasteiger partial charge in [-0.2, -0.15) is 17.0 Å². The first-order valence-electron chi connectivity index (χ1n) is 13.2. The Bertz CT molecular complexity index is 1300. The Morgan fingerprint density at radius 2 is 2.13 bits per heavy atom. The van der Waals surface area contributed by atoms with Gasteiger partial charge >= 0.3 is 6.03 Å².